The second-order valence-corrected chi connectivity index (χ2v) is 5.69. The molecule has 6 nitrogen and oxygen atoms in total. The third-order valence-electron chi connectivity index (χ3n) is 3.36. The van der Waals surface area contributed by atoms with Crippen LogP contribution in [0.15, 0.2) is 42.5 Å². The second-order valence-electron chi connectivity index (χ2n) is 5.28. The number of aliphatic hydroxyl groups is 1. The summed E-state index contributed by atoms with van der Waals surface area (Å²) in [5.41, 5.74) is 2.26. The summed E-state index contributed by atoms with van der Waals surface area (Å²) >= 11 is 6.00. The molecular formula is C18H19ClN2O4. The van der Waals surface area contributed by atoms with Crippen molar-refractivity contribution >= 4 is 34.9 Å². The number of amides is 1. The van der Waals surface area contributed by atoms with E-state index in [1.54, 1.807) is 42.5 Å². The molecule has 25 heavy (non-hydrogen) atoms. The Kier molecular flexibility index (Phi) is 6.80. The summed E-state index contributed by atoms with van der Waals surface area (Å²) in [6.45, 7) is 1.68. The highest BCUT2D eigenvalue weighted by atomic mass is 35.5. The minimum absolute atomic E-state index is 0.0646. The summed E-state index contributed by atoms with van der Waals surface area (Å²) < 4.78 is 5.05. The van der Waals surface area contributed by atoms with Crippen LogP contribution in [-0.4, -0.2) is 36.7 Å². The fourth-order valence-electron chi connectivity index (χ4n) is 2.08. The number of hydrogen-bond donors (Lipinski definition) is 3. The van der Waals surface area contributed by atoms with E-state index in [2.05, 4.69) is 10.6 Å². The molecule has 7 heteroatoms. The van der Waals surface area contributed by atoms with Crippen molar-refractivity contribution in [2.45, 2.75) is 6.92 Å². The van der Waals surface area contributed by atoms with Gasteiger partial charge in [-0.15, -0.1) is 0 Å². The Morgan fingerprint density at radius 1 is 1.20 bits per heavy atom. The zero-order valence-corrected chi connectivity index (χ0v) is 14.5. The SMILES string of the molecule is Cc1ccc(NC(=O)COC(=O)c2ccccc2NCCO)cc1Cl. The molecule has 0 atom stereocenters. The topological polar surface area (TPSA) is 87.7 Å². The summed E-state index contributed by atoms with van der Waals surface area (Å²) in [6, 6.07) is 11.9. The van der Waals surface area contributed by atoms with Gasteiger partial charge in [0.1, 0.15) is 0 Å². The van der Waals surface area contributed by atoms with Crippen LogP contribution in [-0.2, 0) is 9.53 Å². The first kappa shape index (κ1) is 18.8. The molecule has 0 radical (unpaired) electrons. The van der Waals surface area contributed by atoms with Gasteiger partial charge in [-0.3, -0.25) is 4.79 Å². The number of halogens is 1. The molecule has 3 N–H and O–H groups in total. The molecule has 0 aliphatic heterocycles. The Labute approximate surface area is 150 Å². The first-order chi connectivity index (χ1) is 12.0. The van der Waals surface area contributed by atoms with Crippen molar-refractivity contribution in [2.24, 2.45) is 0 Å². The third kappa shape index (κ3) is 5.48. The number of carbonyl (C=O) groups excluding carboxylic acids is 2. The molecule has 0 fully saturated rings. The highest BCUT2D eigenvalue weighted by Crippen LogP contribution is 2.20. The van der Waals surface area contributed by atoms with Gasteiger partial charge in [0.25, 0.3) is 5.91 Å². The monoisotopic (exact) mass is 362 g/mol. The molecule has 0 aromatic heterocycles. The molecule has 0 bridgehead atoms. The number of anilines is 2. The predicted molar refractivity (Wildman–Crippen MR) is 97.1 cm³/mol. The standard InChI is InChI=1S/C18H19ClN2O4/c1-12-6-7-13(10-15(12)19)21-17(23)11-25-18(24)14-4-2-3-5-16(14)20-8-9-22/h2-7,10,20,22H,8-9,11H2,1H3,(H,21,23). The number of rotatable bonds is 7. The average molecular weight is 363 g/mol. The fourth-order valence-corrected chi connectivity index (χ4v) is 2.26. The van der Waals surface area contributed by atoms with E-state index in [-0.39, 0.29) is 6.61 Å². The van der Waals surface area contributed by atoms with Crippen molar-refractivity contribution in [1.29, 1.82) is 0 Å². The van der Waals surface area contributed by atoms with E-state index in [0.717, 1.165) is 5.56 Å². The van der Waals surface area contributed by atoms with Crippen LogP contribution in [0.3, 0.4) is 0 Å². The minimum atomic E-state index is -0.627. The molecule has 2 aromatic rings. The van der Waals surface area contributed by atoms with E-state index in [1.165, 1.54) is 0 Å². The maximum absolute atomic E-state index is 12.2. The zero-order valence-electron chi connectivity index (χ0n) is 13.7. The lowest BCUT2D eigenvalue weighted by molar-refractivity contribution is -0.119. The summed E-state index contributed by atoms with van der Waals surface area (Å²) in [5, 5.41) is 14.9. The second kappa shape index (κ2) is 9.05. The number of esters is 1. The molecule has 1 amide bonds. The van der Waals surface area contributed by atoms with Gasteiger partial charge in [-0.25, -0.2) is 4.79 Å². The normalized spacial score (nSPS) is 10.2. The maximum atomic E-state index is 12.2. The highest BCUT2D eigenvalue weighted by molar-refractivity contribution is 6.31. The van der Waals surface area contributed by atoms with Gasteiger partial charge < -0.3 is 20.5 Å². The Morgan fingerprint density at radius 2 is 1.96 bits per heavy atom. The Hall–Kier alpha value is -2.57. The maximum Gasteiger partial charge on any atom is 0.340 e. The van der Waals surface area contributed by atoms with E-state index in [1.807, 2.05) is 6.92 Å². The molecule has 0 saturated heterocycles. The lowest BCUT2D eigenvalue weighted by Gasteiger charge is -2.11. The number of benzene rings is 2. The molecule has 2 rings (SSSR count). The van der Waals surface area contributed by atoms with Crippen molar-refractivity contribution < 1.29 is 19.4 Å². The van der Waals surface area contributed by atoms with E-state index < -0.39 is 18.5 Å². The Balaban J connectivity index is 1.93. The predicted octanol–water partition coefficient (Wildman–Crippen LogP) is 2.85. The number of nitrogens with one attached hydrogen (secondary N) is 2. The van der Waals surface area contributed by atoms with Gasteiger partial charge >= 0.3 is 5.97 Å². The van der Waals surface area contributed by atoms with Crippen molar-refractivity contribution in [3.8, 4) is 0 Å². The van der Waals surface area contributed by atoms with Crippen LogP contribution in [0.1, 0.15) is 15.9 Å². The van der Waals surface area contributed by atoms with Crippen molar-refractivity contribution in [3.05, 3.63) is 58.6 Å². The molecule has 0 aliphatic rings. The molecule has 0 heterocycles. The van der Waals surface area contributed by atoms with Gasteiger partial charge in [0.15, 0.2) is 6.61 Å². The smallest absolute Gasteiger partial charge is 0.340 e. The van der Waals surface area contributed by atoms with Crippen molar-refractivity contribution in [3.63, 3.8) is 0 Å². The average Bonchev–Trinajstić information content (AvgIpc) is 2.61. The Bertz CT molecular complexity index is 764. The summed E-state index contributed by atoms with van der Waals surface area (Å²) in [4.78, 5) is 24.1. The van der Waals surface area contributed by atoms with E-state index in [0.29, 0.717) is 28.5 Å². The van der Waals surface area contributed by atoms with Gasteiger partial charge in [-0.1, -0.05) is 29.8 Å². The number of carbonyl (C=O) groups is 2. The van der Waals surface area contributed by atoms with Gasteiger partial charge in [-0.05, 0) is 36.8 Å². The van der Waals surface area contributed by atoms with Crippen LogP contribution in [0.5, 0.6) is 0 Å². The number of aliphatic hydroxyl groups excluding tert-OH is 1. The highest BCUT2D eigenvalue weighted by Gasteiger charge is 2.14. The summed E-state index contributed by atoms with van der Waals surface area (Å²) in [6.07, 6.45) is 0. The molecular weight excluding hydrogens is 344 g/mol. The number of aryl methyl sites for hydroxylation is 1. The van der Waals surface area contributed by atoms with E-state index in [4.69, 9.17) is 21.4 Å². The van der Waals surface area contributed by atoms with Crippen LogP contribution in [0.25, 0.3) is 0 Å². The molecule has 0 saturated carbocycles. The lowest BCUT2D eigenvalue weighted by Crippen LogP contribution is -2.21. The van der Waals surface area contributed by atoms with Crippen LogP contribution < -0.4 is 10.6 Å². The quantitative estimate of drug-likeness (QED) is 0.659. The number of ether oxygens (including phenoxy) is 1. The third-order valence-corrected chi connectivity index (χ3v) is 3.77. The first-order valence-electron chi connectivity index (χ1n) is 7.68. The van der Waals surface area contributed by atoms with Gasteiger partial charge in [0, 0.05) is 22.9 Å². The van der Waals surface area contributed by atoms with Crippen LogP contribution >= 0.6 is 11.6 Å². The minimum Gasteiger partial charge on any atom is -0.452 e. The largest absolute Gasteiger partial charge is 0.452 e. The van der Waals surface area contributed by atoms with Gasteiger partial charge in [0.2, 0.25) is 0 Å². The van der Waals surface area contributed by atoms with E-state index >= 15 is 0 Å². The molecule has 0 aliphatic carbocycles. The van der Waals surface area contributed by atoms with Crippen LogP contribution in [0, 0.1) is 6.92 Å². The molecule has 0 unspecified atom stereocenters. The summed E-state index contributed by atoms with van der Waals surface area (Å²) in [5.74, 6) is -1.09. The number of para-hydroxylation sites is 1. The zero-order chi connectivity index (χ0) is 18.2. The first-order valence-corrected chi connectivity index (χ1v) is 8.06. The Morgan fingerprint density at radius 3 is 2.68 bits per heavy atom. The fraction of sp³-hybridized carbons (Fsp3) is 0.222. The van der Waals surface area contributed by atoms with Crippen LogP contribution in [0.2, 0.25) is 5.02 Å². The number of hydrogen-bond acceptors (Lipinski definition) is 5. The molecule has 2 aromatic carbocycles. The van der Waals surface area contributed by atoms with Gasteiger partial charge in [0.05, 0.1) is 12.2 Å². The van der Waals surface area contributed by atoms with Crippen LogP contribution in [0.4, 0.5) is 11.4 Å². The van der Waals surface area contributed by atoms with Crippen molar-refractivity contribution in [1.82, 2.24) is 0 Å². The van der Waals surface area contributed by atoms with E-state index in [9.17, 15) is 9.59 Å². The summed E-state index contributed by atoms with van der Waals surface area (Å²) in [7, 11) is 0. The molecule has 0 spiro atoms. The van der Waals surface area contributed by atoms with Crippen molar-refractivity contribution in [2.75, 3.05) is 30.4 Å². The van der Waals surface area contributed by atoms with Gasteiger partial charge in [-0.2, -0.15) is 0 Å². The molecule has 132 valence electrons. The lowest BCUT2D eigenvalue weighted by atomic mass is 10.2.